The lowest BCUT2D eigenvalue weighted by molar-refractivity contribution is 0.0323. The van der Waals surface area contributed by atoms with Crippen molar-refractivity contribution in [3.63, 3.8) is 0 Å². The van der Waals surface area contributed by atoms with Gasteiger partial charge in [0.2, 0.25) is 0 Å². The van der Waals surface area contributed by atoms with Gasteiger partial charge in [-0.05, 0) is 50.2 Å². The Labute approximate surface area is 144 Å². The Kier molecular flexibility index (Phi) is 5.62. The lowest BCUT2D eigenvalue weighted by Gasteiger charge is -2.21. The molecule has 0 spiro atoms. The molecule has 0 saturated heterocycles. The van der Waals surface area contributed by atoms with E-state index in [9.17, 15) is 14.1 Å². The van der Waals surface area contributed by atoms with Crippen molar-refractivity contribution in [3.05, 3.63) is 53.5 Å². The Hall–Kier alpha value is -1.92. The first-order valence-electron chi connectivity index (χ1n) is 7.79. The second kappa shape index (κ2) is 7.32. The van der Waals surface area contributed by atoms with Gasteiger partial charge in [-0.2, -0.15) is 0 Å². The van der Waals surface area contributed by atoms with E-state index in [0.29, 0.717) is 22.0 Å². The van der Waals surface area contributed by atoms with Crippen molar-refractivity contribution >= 4 is 16.7 Å². The summed E-state index contributed by atoms with van der Waals surface area (Å²) in [6, 6.07) is 10.1. The van der Waals surface area contributed by atoms with Crippen LogP contribution in [0.4, 0.5) is 0 Å². The van der Waals surface area contributed by atoms with Gasteiger partial charge in [0, 0.05) is 15.7 Å². The standard InChI is InChI=1S/C18H23NO4S/c1-12(2)24(22)15-8-6-14(7-9-15)17(20)19-11-18(4,21)16-10-5-13(3)23-16/h5-10,12,21H,11H2,1-4H3,(H,19,20). The number of hydrogen-bond donors (Lipinski definition) is 2. The average Bonchev–Trinajstić information content (AvgIpc) is 2.99. The Balaban J connectivity index is 2.01. The zero-order valence-corrected chi connectivity index (χ0v) is 15.1. The number of carbonyl (C=O) groups is 1. The number of furan rings is 1. The summed E-state index contributed by atoms with van der Waals surface area (Å²) in [5.41, 5.74) is -0.839. The van der Waals surface area contributed by atoms with Crippen LogP contribution in [0.15, 0.2) is 45.7 Å². The minimum atomic E-state index is -1.29. The number of hydrogen-bond acceptors (Lipinski definition) is 4. The Morgan fingerprint density at radius 2 is 1.88 bits per heavy atom. The number of carbonyl (C=O) groups excluding carboxylic acids is 1. The molecule has 2 N–H and O–H groups in total. The highest BCUT2D eigenvalue weighted by atomic mass is 32.2. The molecule has 0 radical (unpaired) electrons. The highest BCUT2D eigenvalue weighted by molar-refractivity contribution is 7.85. The minimum Gasteiger partial charge on any atom is -0.463 e. The first-order chi connectivity index (χ1) is 11.2. The average molecular weight is 349 g/mol. The molecule has 0 aliphatic carbocycles. The van der Waals surface area contributed by atoms with E-state index in [1.165, 1.54) is 0 Å². The Bertz CT molecular complexity index is 732. The van der Waals surface area contributed by atoms with Crippen LogP contribution >= 0.6 is 0 Å². The fraction of sp³-hybridized carbons (Fsp3) is 0.389. The van der Waals surface area contributed by atoms with Crippen LogP contribution in [-0.4, -0.2) is 27.0 Å². The van der Waals surface area contributed by atoms with Crippen molar-refractivity contribution in [2.75, 3.05) is 6.54 Å². The molecule has 24 heavy (non-hydrogen) atoms. The van der Waals surface area contributed by atoms with Gasteiger partial charge >= 0.3 is 0 Å². The maximum Gasteiger partial charge on any atom is 0.251 e. The van der Waals surface area contributed by atoms with Crippen LogP contribution in [0.1, 0.15) is 42.6 Å². The first-order valence-corrected chi connectivity index (χ1v) is 9.00. The van der Waals surface area contributed by atoms with Crippen LogP contribution in [0.2, 0.25) is 0 Å². The van der Waals surface area contributed by atoms with Crippen molar-refractivity contribution in [3.8, 4) is 0 Å². The third kappa shape index (κ3) is 4.33. The Morgan fingerprint density at radius 3 is 2.38 bits per heavy atom. The van der Waals surface area contributed by atoms with Crippen LogP contribution in [-0.2, 0) is 16.4 Å². The summed E-state index contributed by atoms with van der Waals surface area (Å²) in [5.74, 6) is 0.800. The second-order valence-corrected chi connectivity index (χ2v) is 8.25. The molecule has 2 atom stereocenters. The topological polar surface area (TPSA) is 79.5 Å². The second-order valence-electron chi connectivity index (χ2n) is 6.24. The monoisotopic (exact) mass is 349 g/mol. The molecule has 130 valence electrons. The largest absolute Gasteiger partial charge is 0.463 e. The number of benzene rings is 1. The summed E-state index contributed by atoms with van der Waals surface area (Å²) in [4.78, 5) is 12.9. The normalized spacial score (nSPS) is 15.1. The van der Waals surface area contributed by atoms with E-state index in [2.05, 4.69) is 5.32 Å². The number of rotatable bonds is 6. The van der Waals surface area contributed by atoms with Crippen LogP contribution in [0.5, 0.6) is 0 Å². The zero-order chi connectivity index (χ0) is 17.9. The smallest absolute Gasteiger partial charge is 0.251 e. The molecule has 2 rings (SSSR count). The highest BCUT2D eigenvalue weighted by Gasteiger charge is 2.27. The van der Waals surface area contributed by atoms with Crippen LogP contribution in [0.25, 0.3) is 0 Å². The molecule has 2 unspecified atom stereocenters. The molecule has 0 fully saturated rings. The molecule has 2 aromatic rings. The van der Waals surface area contributed by atoms with Gasteiger partial charge in [-0.3, -0.25) is 9.00 Å². The molecule has 1 aromatic carbocycles. The van der Waals surface area contributed by atoms with E-state index in [1.54, 1.807) is 50.2 Å². The Morgan fingerprint density at radius 1 is 1.25 bits per heavy atom. The summed E-state index contributed by atoms with van der Waals surface area (Å²) in [5, 5.41) is 13.1. The van der Waals surface area contributed by atoms with Crippen molar-refractivity contribution < 1.29 is 18.5 Å². The molecule has 6 heteroatoms. The van der Waals surface area contributed by atoms with Gasteiger partial charge in [0.25, 0.3) is 5.91 Å². The molecule has 1 amide bonds. The highest BCUT2D eigenvalue weighted by Crippen LogP contribution is 2.22. The van der Waals surface area contributed by atoms with Crippen LogP contribution in [0, 0.1) is 6.92 Å². The maximum absolute atomic E-state index is 12.2. The van der Waals surface area contributed by atoms with E-state index < -0.39 is 16.4 Å². The number of amides is 1. The van der Waals surface area contributed by atoms with E-state index in [1.807, 2.05) is 13.8 Å². The van der Waals surface area contributed by atoms with Gasteiger partial charge in [0.15, 0.2) is 0 Å². The fourth-order valence-electron chi connectivity index (χ4n) is 2.18. The summed E-state index contributed by atoms with van der Waals surface area (Å²) >= 11 is 0. The molecule has 1 aromatic heterocycles. The molecular formula is C18H23NO4S. The molecule has 5 nitrogen and oxygen atoms in total. The third-order valence-electron chi connectivity index (χ3n) is 3.64. The quantitative estimate of drug-likeness (QED) is 0.840. The van der Waals surface area contributed by atoms with Gasteiger partial charge in [0.1, 0.15) is 17.1 Å². The number of aliphatic hydroxyl groups is 1. The predicted octanol–water partition coefficient (Wildman–Crippen LogP) is 2.74. The predicted molar refractivity (Wildman–Crippen MR) is 93.3 cm³/mol. The number of nitrogens with one attached hydrogen (secondary N) is 1. The molecule has 1 heterocycles. The van der Waals surface area contributed by atoms with E-state index >= 15 is 0 Å². The molecular weight excluding hydrogens is 326 g/mol. The van der Waals surface area contributed by atoms with Crippen LogP contribution < -0.4 is 5.32 Å². The third-order valence-corrected chi connectivity index (χ3v) is 5.23. The maximum atomic E-state index is 12.2. The summed E-state index contributed by atoms with van der Waals surface area (Å²) in [6.07, 6.45) is 0. The first kappa shape index (κ1) is 18.4. The van der Waals surface area contributed by atoms with Crippen molar-refractivity contribution in [1.82, 2.24) is 5.32 Å². The summed E-state index contributed by atoms with van der Waals surface area (Å²) in [6.45, 7) is 7.17. The van der Waals surface area contributed by atoms with E-state index in [4.69, 9.17) is 4.42 Å². The summed E-state index contributed by atoms with van der Waals surface area (Å²) < 4.78 is 17.4. The van der Waals surface area contributed by atoms with E-state index in [-0.39, 0.29) is 17.7 Å². The van der Waals surface area contributed by atoms with Gasteiger partial charge in [-0.1, -0.05) is 13.8 Å². The lowest BCUT2D eigenvalue weighted by Crippen LogP contribution is -2.38. The van der Waals surface area contributed by atoms with Crippen LogP contribution in [0.3, 0.4) is 0 Å². The van der Waals surface area contributed by atoms with Crippen molar-refractivity contribution in [2.24, 2.45) is 0 Å². The molecule has 0 saturated carbocycles. The molecule has 0 aliphatic rings. The minimum absolute atomic E-state index is 0.0246. The summed E-state index contributed by atoms with van der Waals surface area (Å²) in [7, 11) is -1.08. The van der Waals surface area contributed by atoms with E-state index in [0.717, 1.165) is 0 Å². The number of aryl methyl sites for hydroxylation is 1. The molecule has 0 aliphatic heterocycles. The fourth-order valence-corrected chi connectivity index (χ4v) is 3.13. The van der Waals surface area contributed by atoms with Gasteiger partial charge in [0.05, 0.1) is 17.3 Å². The van der Waals surface area contributed by atoms with Gasteiger partial charge < -0.3 is 14.8 Å². The van der Waals surface area contributed by atoms with Crippen molar-refractivity contribution in [2.45, 2.75) is 43.4 Å². The zero-order valence-electron chi connectivity index (χ0n) is 14.3. The SMILES string of the molecule is Cc1ccc(C(C)(O)CNC(=O)c2ccc(S(=O)C(C)C)cc2)o1. The van der Waals surface area contributed by atoms with Crippen molar-refractivity contribution in [1.29, 1.82) is 0 Å². The van der Waals surface area contributed by atoms with Gasteiger partial charge in [-0.25, -0.2) is 0 Å². The molecule has 0 bridgehead atoms. The lowest BCUT2D eigenvalue weighted by atomic mass is 10.0. The van der Waals surface area contributed by atoms with Gasteiger partial charge in [-0.15, -0.1) is 0 Å².